The highest BCUT2D eigenvalue weighted by molar-refractivity contribution is 7.80. The average molecular weight is 295 g/mol. The van der Waals surface area contributed by atoms with Gasteiger partial charge in [0.15, 0.2) is 0 Å². The van der Waals surface area contributed by atoms with Crippen LogP contribution in [0.3, 0.4) is 0 Å². The quantitative estimate of drug-likeness (QED) is 0.436. The summed E-state index contributed by atoms with van der Waals surface area (Å²) in [5.41, 5.74) is 0. The van der Waals surface area contributed by atoms with Crippen LogP contribution in [-0.2, 0) is 6.54 Å². The van der Waals surface area contributed by atoms with E-state index in [4.69, 9.17) is 4.42 Å². The predicted molar refractivity (Wildman–Crippen MR) is 88.3 cm³/mol. The van der Waals surface area contributed by atoms with E-state index in [9.17, 15) is 0 Å². The molecule has 1 aromatic heterocycles. The Balaban J connectivity index is 1.52. The highest BCUT2D eigenvalue weighted by Gasteiger charge is 2.28. The molecular formula is C17H29NOS. The molecule has 0 unspecified atom stereocenters. The molecule has 0 bridgehead atoms. The number of hydrogen-bond donors (Lipinski definition) is 1. The molecule has 1 fully saturated rings. The molecule has 0 saturated heterocycles. The van der Waals surface area contributed by atoms with Crippen molar-refractivity contribution in [3.63, 3.8) is 0 Å². The zero-order valence-electron chi connectivity index (χ0n) is 12.6. The molecule has 0 aliphatic heterocycles. The summed E-state index contributed by atoms with van der Waals surface area (Å²) >= 11 is 4.25. The summed E-state index contributed by atoms with van der Waals surface area (Å²) in [5.74, 6) is 2.16. The van der Waals surface area contributed by atoms with Crippen LogP contribution in [0.2, 0.25) is 0 Å². The van der Waals surface area contributed by atoms with E-state index in [1.165, 1.54) is 64.3 Å². The topological polar surface area (TPSA) is 16.4 Å². The smallest absolute Gasteiger partial charge is 0.117 e. The number of furan rings is 1. The Labute approximate surface area is 129 Å². The number of thiol groups is 1. The van der Waals surface area contributed by atoms with Crippen LogP contribution < -0.4 is 0 Å². The highest BCUT2D eigenvalue weighted by Crippen LogP contribution is 2.28. The van der Waals surface area contributed by atoms with Crippen molar-refractivity contribution in [2.45, 2.75) is 70.4 Å². The molecule has 0 N–H and O–H groups in total. The number of nitrogens with zero attached hydrogens (tertiary/aromatic N) is 1. The van der Waals surface area contributed by atoms with Crippen molar-refractivity contribution in [1.29, 1.82) is 0 Å². The molecule has 2 rings (SSSR count). The van der Waals surface area contributed by atoms with Gasteiger partial charge in [-0.25, -0.2) is 0 Å². The SMILES string of the molecule is SCCCCCCCCCN(Cc1ccco1)C1CC1. The van der Waals surface area contributed by atoms with Gasteiger partial charge in [0.05, 0.1) is 12.8 Å². The number of unbranched alkanes of at least 4 members (excludes halogenated alkanes) is 6. The Kier molecular flexibility index (Phi) is 7.60. The third-order valence-corrected chi connectivity index (χ3v) is 4.42. The first-order valence-electron chi connectivity index (χ1n) is 8.27. The van der Waals surface area contributed by atoms with Gasteiger partial charge in [-0.3, -0.25) is 4.90 Å². The fourth-order valence-corrected chi connectivity index (χ4v) is 2.97. The Morgan fingerprint density at radius 3 is 2.35 bits per heavy atom. The largest absolute Gasteiger partial charge is 0.468 e. The average Bonchev–Trinajstić information content (AvgIpc) is 3.18. The van der Waals surface area contributed by atoms with Gasteiger partial charge in [-0.15, -0.1) is 0 Å². The molecular weight excluding hydrogens is 266 g/mol. The van der Waals surface area contributed by atoms with E-state index in [0.717, 1.165) is 24.1 Å². The zero-order valence-corrected chi connectivity index (χ0v) is 13.5. The van der Waals surface area contributed by atoms with Crippen molar-refractivity contribution in [1.82, 2.24) is 4.90 Å². The summed E-state index contributed by atoms with van der Waals surface area (Å²) in [6, 6.07) is 4.91. The van der Waals surface area contributed by atoms with E-state index in [1.54, 1.807) is 6.26 Å². The van der Waals surface area contributed by atoms with Gasteiger partial charge >= 0.3 is 0 Å². The van der Waals surface area contributed by atoms with E-state index < -0.39 is 0 Å². The summed E-state index contributed by atoms with van der Waals surface area (Å²) in [7, 11) is 0. The van der Waals surface area contributed by atoms with E-state index in [0.29, 0.717) is 0 Å². The molecule has 0 atom stereocenters. The minimum absolute atomic E-state index is 0.829. The number of rotatable bonds is 12. The standard InChI is InChI=1S/C17H29NOS/c20-14-7-5-3-1-2-4-6-12-18(16-10-11-16)15-17-9-8-13-19-17/h8-9,13,16,20H,1-7,10-12,14-15H2. The molecule has 2 nitrogen and oxygen atoms in total. The molecule has 20 heavy (non-hydrogen) atoms. The third-order valence-electron chi connectivity index (χ3n) is 4.11. The maximum absolute atomic E-state index is 5.48. The van der Waals surface area contributed by atoms with Gasteiger partial charge in [0.25, 0.3) is 0 Å². The number of hydrogen-bond acceptors (Lipinski definition) is 3. The van der Waals surface area contributed by atoms with Gasteiger partial charge in [-0.2, -0.15) is 12.6 Å². The van der Waals surface area contributed by atoms with Crippen LogP contribution in [-0.4, -0.2) is 23.2 Å². The maximum Gasteiger partial charge on any atom is 0.117 e. The van der Waals surface area contributed by atoms with Gasteiger partial charge in [0, 0.05) is 6.04 Å². The van der Waals surface area contributed by atoms with Gasteiger partial charge < -0.3 is 4.42 Å². The minimum atomic E-state index is 0.829. The summed E-state index contributed by atoms with van der Waals surface area (Å²) < 4.78 is 5.48. The Bertz CT molecular complexity index is 335. The first-order valence-corrected chi connectivity index (χ1v) is 8.90. The van der Waals surface area contributed by atoms with Gasteiger partial charge in [0.2, 0.25) is 0 Å². The van der Waals surface area contributed by atoms with E-state index in [2.05, 4.69) is 23.6 Å². The fourth-order valence-electron chi connectivity index (χ4n) is 2.74. The maximum atomic E-state index is 5.48. The first kappa shape index (κ1) is 16.0. The molecule has 114 valence electrons. The Morgan fingerprint density at radius 2 is 1.75 bits per heavy atom. The molecule has 0 radical (unpaired) electrons. The van der Waals surface area contributed by atoms with E-state index >= 15 is 0 Å². The molecule has 1 heterocycles. The van der Waals surface area contributed by atoms with Gasteiger partial charge in [0.1, 0.15) is 5.76 Å². The fraction of sp³-hybridized carbons (Fsp3) is 0.765. The normalized spacial score (nSPS) is 15.1. The molecule has 1 aliphatic rings. The molecule has 1 aromatic rings. The van der Waals surface area contributed by atoms with Crippen molar-refractivity contribution in [3.8, 4) is 0 Å². The minimum Gasteiger partial charge on any atom is -0.468 e. The lowest BCUT2D eigenvalue weighted by Crippen LogP contribution is -2.26. The lowest BCUT2D eigenvalue weighted by Gasteiger charge is -2.20. The van der Waals surface area contributed by atoms with Crippen LogP contribution in [0.4, 0.5) is 0 Å². The van der Waals surface area contributed by atoms with Crippen LogP contribution in [0.15, 0.2) is 22.8 Å². The van der Waals surface area contributed by atoms with E-state index in [1.807, 2.05) is 6.07 Å². The second kappa shape index (κ2) is 9.51. The van der Waals surface area contributed by atoms with Crippen LogP contribution >= 0.6 is 12.6 Å². The monoisotopic (exact) mass is 295 g/mol. The van der Waals surface area contributed by atoms with E-state index in [-0.39, 0.29) is 0 Å². The first-order chi connectivity index (χ1) is 9.90. The van der Waals surface area contributed by atoms with Gasteiger partial charge in [-0.1, -0.05) is 32.1 Å². The molecule has 3 heteroatoms. The Morgan fingerprint density at radius 1 is 1.05 bits per heavy atom. The summed E-state index contributed by atoms with van der Waals surface area (Å²) in [5, 5.41) is 0. The van der Waals surface area contributed by atoms with Crippen molar-refractivity contribution >= 4 is 12.6 Å². The second-order valence-corrected chi connectivity index (χ2v) is 6.43. The van der Waals surface area contributed by atoms with Crippen molar-refractivity contribution in [3.05, 3.63) is 24.2 Å². The summed E-state index contributed by atoms with van der Waals surface area (Å²) in [4.78, 5) is 2.61. The third kappa shape index (κ3) is 6.36. The molecule has 0 amide bonds. The predicted octanol–water partition coefficient (Wildman–Crippen LogP) is 4.90. The van der Waals surface area contributed by atoms with Crippen LogP contribution in [0.25, 0.3) is 0 Å². The van der Waals surface area contributed by atoms with Gasteiger partial charge in [-0.05, 0) is 50.1 Å². The van der Waals surface area contributed by atoms with Crippen molar-refractivity contribution < 1.29 is 4.42 Å². The lowest BCUT2D eigenvalue weighted by atomic mass is 10.1. The zero-order chi connectivity index (χ0) is 14.0. The summed E-state index contributed by atoms with van der Waals surface area (Å²) in [6.07, 6.45) is 14.1. The molecule has 1 aliphatic carbocycles. The molecule has 0 spiro atoms. The van der Waals surface area contributed by atoms with Crippen LogP contribution in [0.1, 0.15) is 63.5 Å². The van der Waals surface area contributed by atoms with Crippen LogP contribution in [0, 0.1) is 0 Å². The van der Waals surface area contributed by atoms with Crippen LogP contribution in [0.5, 0.6) is 0 Å². The highest BCUT2D eigenvalue weighted by atomic mass is 32.1. The van der Waals surface area contributed by atoms with Crippen molar-refractivity contribution in [2.75, 3.05) is 12.3 Å². The Hall–Kier alpha value is -0.410. The lowest BCUT2D eigenvalue weighted by molar-refractivity contribution is 0.228. The van der Waals surface area contributed by atoms with Crippen molar-refractivity contribution in [2.24, 2.45) is 0 Å². The second-order valence-electron chi connectivity index (χ2n) is 5.98. The summed E-state index contributed by atoms with van der Waals surface area (Å²) in [6.45, 7) is 2.24. The molecule has 1 saturated carbocycles. The molecule has 0 aromatic carbocycles.